The first kappa shape index (κ1) is 29.6. The van der Waals surface area contributed by atoms with E-state index in [1.807, 2.05) is 12.1 Å². The molecule has 234 valence electrons. The predicted octanol–water partition coefficient (Wildman–Crippen LogP) is 9.19. The molecule has 0 aromatic heterocycles. The van der Waals surface area contributed by atoms with Crippen LogP contribution < -0.4 is 0 Å². The molecule has 5 aliphatic carbocycles. The molecular weight excluding hydrogens is 548 g/mol. The Morgan fingerprint density at radius 3 is 2.59 bits per heavy atom. The zero-order valence-electron chi connectivity index (χ0n) is 26.7. The number of benzene rings is 1. The predicted molar refractivity (Wildman–Crippen MR) is 171 cm³/mol. The number of carbonyl (C=O) groups is 2. The summed E-state index contributed by atoms with van der Waals surface area (Å²) in [5.74, 6) is 3.16. The van der Waals surface area contributed by atoms with Crippen molar-refractivity contribution >= 4 is 17.5 Å². The smallest absolute Gasteiger partial charge is 0.340 e. The van der Waals surface area contributed by atoms with Gasteiger partial charge in [-0.05, 0) is 116 Å². The topological polar surface area (TPSA) is 72.8 Å². The molecule has 7 aliphatic rings. The number of hydrogen-bond acceptors (Lipinski definition) is 5. The van der Waals surface area contributed by atoms with Crippen LogP contribution in [0.25, 0.3) is 5.57 Å². The standard InChI is InChI=1S/C39H48O5/c1-4-24(16-15-23(2)3)21-32-39-20-19-28(33(36(39)38(42)44-32)26-12-8-13-27(40)22-26)29-17-18-30-31(43-37(41)34(30)35(29)39)14-7-11-25-9-5-6-10-25/h8,12-14,21-25,28-29,35,40H,4-7,9-11,15-20H2,1-3H3/t24-,28+,29+,35+,39+/m0/s1. The van der Waals surface area contributed by atoms with Crippen LogP contribution in [0.4, 0.5) is 0 Å². The van der Waals surface area contributed by atoms with Gasteiger partial charge in [-0.1, -0.05) is 65.0 Å². The van der Waals surface area contributed by atoms with Crippen molar-refractivity contribution in [2.24, 2.45) is 40.9 Å². The molecule has 44 heavy (non-hydrogen) atoms. The van der Waals surface area contributed by atoms with Crippen molar-refractivity contribution in [2.75, 3.05) is 0 Å². The Morgan fingerprint density at radius 1 is 1.02 bits per heavy atom. The highest BCUT2D eigenvalue weighted by atomic mass is 16.5. The number of phenols is 1. The lowest BCUT2D eigenvalue weighted by molar-refractivity contribution is -0.135. The van der Waals surface area contributed by atoms with Gasteiger partial charge in [0, 0.05) is 17.1 Å². The molecule has 5 atom stereocenters. The van der Waals surface area contributed by atoms with Gasteiger partial charge in [0.25, 0.3) is 0 Å². The summed E-state index contributed by atoms with van der Waals surface area (Å²) >= 11 is 0. The minimum absolute atomic E-state index is 0.130. The molecule has 0 amide bonds. The zero-order chi connectivity index (χ0) is 30.6. The van der Waals surface area contributed by atoms with Crippen molar-refractivity contribution in [2.45, 2.75) is 104 Å². The summed E-state index contributed by atoms with van der Waals surface area (Å²) in [6.45, 7) is 6.72. The first-order valence-corrected chi connectivity index (χ1v) is 17.5. The number of hydrogen-bond donors (Lipinski definition) is 1. The first-order valence-electron chi connectivity index (χ1n) is 17.5. The molecule has 1 aromatic carbocycles. The third kappa shape index (κ3) is 4.81. The van der Waals surface area contributed by atoms with Gasteiger partial charge in [0.1, 0.15) is 17.3 Å². The van der Waals surface area contributed by atoms with E-state index in [1.165, 1.54) is 25.7 Å². The largest absolute Gasteiger partial charge is 0.508 e. The van der Waals surface area contributed by atoms with Crippen LogP contribution in [-0.2, 0) is 19.1 Å². The second-order valence-electron chi connectivity index (χ2n) is 14.8. The van der Waals surface area contributed by atoms with E-state index in [4.69, 9.17) is 9.47 Å². The van der Waals surface area contributed by atoms with Gasteiger partial charge in [-0.2, -0.15) is 0 Å². The second-order valence-corrected chi connectivity index (χ2v) is 14.8. The molecule has 0 unspecified atom stereocenters. The van der Waals surface area contributed by atoms with Crippen LogP contribution in [-0.4, -0.2) is 17.0 Å². The molecule has 2 aliphatic heterocycles. The van der Waals surface area contributed by atoms with Crippen molar-refractivity contribution in [3.05, 3.63) is 70.2 Å². The third-order valence-corrected chi connectivity index (χ3v) is 11.9. The fourth-order valence-electron chi connectivity index (χ4n) is 9.83. The van der Waals surface area contributed by atoms with Crippen LogP contribution in [0, 0.1) is 40.9 Å². The van der Waals surface area contributed by atoms with E-state index in [0.29, 0.717) is 11.8 Å². The molecule has 1 N–H and O–H groups in total. The Labute approximate surface area is 262 Å². The molecule has 0 radical (unpaired) electrons. The molecule has 1 aromatic rings. The van der Waals surface area contributed by atoms with E-state index in [2.05, 4.69) is 32.9 Å². The van der Waals surface area contributed by atoms with E-state index in [1.54, 1.807) is 12.1 Å². The molecule has 2 saturated carbocycles. The number of fused-ring (bicyclic) bond motifs is 1. The Morgan fingerprint density at radius 2 is 1.84 bits per heavy atom. The number of ether oxygens (including phenoxy) is 2. The summed E-state index contributed by atoms with van der Waals surface area (Å²) in [7, 11) is 0. The fourth-order valence-corrected chi connectivity index (χ4v) is 9.83. The van der Waals surface area contributed by atoms with Crippen LogP contribution in [0.2, 0.25) is 0 Å². The number of allylic oxidation sites excluding steroid dienone is 5. The number of esters is 2. The van der Waals surface area contributed by atoms with Gasteiger partial charge >= 0.3 is 11.9 Å². The average molecular weight is 597 g/mol. The summed E-state index contributed by atoms with van der Waals surface area (Å²) in [6, 6.07) is 7.35. The molecule has 8 rings (SSSR count). The van der Waals surface area contributed by atoms with Gasteiger partial charge in [0.05, 0.1) is 11.0 Å². The summed E-state index contributed by atoms with van der Waals surface area (Å²) in [5.41, 5.74) is 3.87. The van der Waals surface area contributed by atoms with Crippen LogP contribution in [0.3, 0.4) is 0 Å². The van der Waals surface area contributed by atoms with Gasteiger partial charge in [-0.25, -0.2) is 9.59 Å². The van der Waals surface area contributed by atoms with Crippen molar-refractivity contribution in [1.82, 2.24) is 0 Å². The number of aromatic hydroxyl groups is 1. The number of cyclic esters (lactones) is 2. The number of phenolic OH excluding ortho intramolecular Hbond substituents is 1. The highest BCUT2D eigenvalue weighted by molar-refractivity contribution is 6.06. The van der Waals surface area contributed by atoms with E-state index in [0.717, 1.165) is 103 Å². The number of carbonyl (C=O) groups excluding carboxylic acids is 2. The van der Waals surface area contributed by atoms with Crippen LogP contribution >= 0.6 is 0 Å². The van der Waals surface area contributed by atoms with Crippen LogP contribution in [0.1, 0.15) is 110 Å². The molecular formula is C39H48O5. The summed E-state index contributed by atoms with van der Waals surface area (Å²) in [6.07, 6.45) is 18.5. The lowest BCUT2D eigenvalue weighted by atomic mass is 9.44. The maximum Gasteiger partial charge on any atom is 0.340 e. The highest BCUT2D eigenvalue weighted by Crippen LogP contribution is 2.71. The summed E-state index contributed by atoms with van der Waals surface area (Å²) in [4.78, 5) is 27.9. The monoisotopic (exact) mass is 596 g/mol. The Bertz CT molecular complexity index is 1470. The van der Waals surface area contributed by atoms with Crippen molar-refractivity contribution < 1.29 is 24.2 Å². The van der Waals surface area contributed by atoms with Crippen molar-refractivity contribution in [3.63, 3.8) is 0 Å². The Hall–Kier alpha value is -3.08. The van der Waals surface area contributed by atoms with Gasteiger partial charge in [0.2, 0.25) is 0 Å². The third-order valence-electron chi connectivity index (χ3n) is 11.9. The maximum absolute atomic E-state index is 14.1. The Balaban J connectivity index is 1.35. The van der Waals surface area contributed by atoms with Gasteiger partial charge in [0.15, 0.2) is 0 Å². The lowest BCUT2D eigenvalue weighted by Gasteiger charge is -2.56. The number of rotatable bonds is 9. The fraction of sp³-hybridized carbons (Fsp3) is 0.590. The molecule has 2 heterocycles. The molecule has 5 heteroatoms. The summed E-state index contributed by atoms with van der Waals surface area (Å²) < 4.78 is 12.4. The SMILES string of the molecule is CC[C@H](C=C1OC(=O)C2=C(c3cccc(O)c3)[C@@H]3CC[C@]12[C@H]1C2=C(CC[C@H]31)C(=CCCC1CCCC1)OC2=O)CCC(C)C. The van der Waals surface area contributed by atoms with Gasteiger partial charge < -0.3 is 14.6 Å². The van der Waals surface area contributed by atoms with Crippen LogP contribution in [0.15, 0.2) is 64.7 Å². The molecule has 1 saturated heterocycles. The van der Waals surface area contributed by atoms with E-state index < -0.39 is 5.41 Å². The van der Waals surface area contributed by atoms with Crippen molar-refractivity contribution in [1.29, 1.82) is 0 Å². The summed E-state index contributed by atoms with van der Waals surface area (Å²) in [5, 5.41) is 10.5. The lowest BCUT2D eigenvalue weighted by Crippen LogP contribution is -2.52. The normalized spacial score (nSPS) is 32.0. The first-order chi connectivity index (χ1) is 21.3. The van der Waals surface area contributed by atoms with Gasteiger partial charge in [-0.3, -0.25) is 0 Å². The van der Waals surface area contributed by atoms with E-state index in [-0.39, 0.29) is 35.4 Å². The highest BCUT2D eigenvalue weighted by Gasteiger charge is 2.68. The van der Waals surface area contributed by atoms with Crippen molar-refractivity contribution in [3.8, 4) is 5.75 Å². The van der Waals surface area contributed by atoms with E-state index in [9.17, 15) is 14.7 Å². The second kappa shape index (κ2) is 11.7. The van der Waals surface area contributed by atoms with Crippen LogP contribution in [0.5, 0.6) is 5.75 Å². The minimum Gasteiger partial charge on any atom is -0.508 e. The zero-order valence-corrected chi connectivity index (χ0v) is 26.7. The maximum atomic E-state index is 14.1. The quantitative estimate of drug-likeness (QED) is 0.288. The minimum atomic E-state index is -0.679. The molecule has 2 bridgehead atoms. The molecule has 5 nitrogen and oxygen atoms in total. The molecule has 1 spiro atoms. The van der Waals surface area contributed by atoms with Gasteiger partial charge in [-0.15, -0.1) is 0 Å². The molecule has 3 fully saturated rings. The van der Waals surface area contributed by atoms with E-state index >= 15 is 0 Å². The Kier molecular flexibility index (Phi) is 7.87. The average Bonchev–Trinajstić information content (AvgIpc) is 3.72.